The third-order valence-electron chi connectivity index (χ3n) is 3.06. The molecule has 0 saturated heterocycles. The molecule has 0 aliphatic carbocycles. The second-order valence-electron chi connectivity index (χ2n) is 5.16. The summed E-state index contributed by atoms with van der Waals surface area (Å²) in [5.74, 6) is 0. The summed E-state index contributed by atoms with van der Waals surface area (Å²) in [5.41, 5.74) is 1.97. The van der Waals surface area contributed by atoms with Crippen molar-refractivity contribution in [3.63, 3.8) is 0 Å². The first-order valence-corrected chi connectivity index (χ1v) is 7.86. The predicted octanol–water partition coefficient (Wildman–Crippen LogP) is 3.92. The molecular weight excluding hydrogens is 316 g/mol. The van der Waals surface area contributed by atoms with E-state index in [1.807, 2.05) is 59.5 Å². The molecule has 0 saturated carbocycles. The Labute approximate surface area is 141 Å². The number of anilines is 1. The van der Waals surface area contributed by atoms with E-state index in [4.69, 9.17) is 23.8 Å². The number of nitrogens with zero attached hydrogens (tertiary/aromatic N) is 1. The molecule has 0 fully saturated rings. The second kappa shape index (κ2) is 8.13. The second-order valence-corrected chi connectivity index (χ2v) is 5.98. The molecule has 2 aromatic rings. The molecule has 2 rings (SSSR count). The quantitative estimate of drug-likeness (QED) is 0.812. The molecule has 0 heterocycles. The van der Waals surface area contributed by atoms with Gasteiger partial charge in [-0.3, -0.25) is 0 Å². The average Bonchev–Trinajstić information content (AvgIpc) is 2.47. The van der Waals surface area contributed by atoms with Crippen molar-refractivity contribution in [1.82, 2.24) is 4.90 Å². The maximum atomic E-state index is 9.72. The lowest BCUT2D eigenvalue weighted by molar-refractivity contribution is 0.158. The molecule has 1 atom stereocenters. The van der Waals surface area contributed by atoms with Gasteiger partial charge in [-0.15, -0.1) is 0 Å². The Morgan fingerprint density at radius 2 is 1.95 bits per heavy atom. The molecule has 116 valence electrons. The molecule has 0 aliphatic rings. The molecule has 3 nitrogen and oxygen atoms in total. The van der Waals surface area contributed by atoms with E-state index in [1.165, 1.54) is 0 Å². The minimum absolute atomic E-state index is 0.450. The Balaban J connectivity index is 2.09. The average molecular weight is 335 g/mol. The number of aliphatic hydroxyl groups is 1. The van der Waals surface area contributed by atoms with E-state index in [0.717, 1.165) is 11.3 Å². The number of hydrogen-bond acceptors (Lipinski definition) is 2. The highest BCUT2D eigenvalue weighted by Crippen LogP contribution is 2.14. The van der Waals surface area contributed by atoms with Crippen LogP contribution in [0.5, 0.6) is 0 Å². The van der Waals surface area contributed by atoms with E-state index < -0.39 is 6.10 Å². The van der Waals surface area contributed by atoms with Crippen molar-refractivity contribution in [2.75, 3.05) is 11.9 Å². The summed E-state index contributed by atoms with van der Waals surface area (Å²) in [6.07, 6.45) is -0.477. The van der Waals surface area contributed by atoms with Crippen molar-refractivity contribution >= 4 is 34.6 Å². The minimum atomic E-state index is -0.477. The smallest absolute Gasteiger partial charge is 0.173 e. The van der Waals surface area contributed by atoms with Gasteiger partial charge in [-0.1, -0.05) is 41.9 Å². The highest BCUT2D eigenvalue weighted by Gasteiger charge is 2.13. The summed E-state index contributed by atoms with van der Waals surface area (Å²) in [4.78, 5) is 1.93. The van der Waals surface area contributed by atoms with Crippen molar-refractivity contribution < 1.29 is 5.11 Å². The molecule has 0 radical (unpaired) electrons. The van der Waals surface area contributed by atoms with Crippen LogP contribution in [-0.2, 0) is 6.54 Å². The number of halogens is 1. The molecule has 0 amide bonds. The lowest BCUT2D eigenvalue weighted by Gasteiger charge is -2.27. The van der Waals surface area contributed by atoms with Crippen molar-refractivity contribution in [2.45, 2.75) is 19.6 Å². The number of hydrogen-bond donors (Lipinski definition) is 2. The van der Waals surface area contributed by atoms with E-state index >= 15 is 0 Å². The van der Waals surface area contributed by atoms with E-state index in [9.17, 15) is 5.11 Å². The molecule has 0 spiro atoms. The Morgan fingerprint density at radius 3 is 2.59 bits per heavy atom. The predicted molar refractivity (Wildman–Crippen MR) is 96.2 cm³/mol. The van der Waals surface area contributed by atoms with Gasteiger partial charge in [0.05, 0.1) is 6.10 Å². The third-order valence-corrected chi connectivity index (χ3v) is 3.65. The number of benzene rings is 2. The first-order chi connectivity index (χ1) is 10.5. The topological polar surface area (TPSA) is 35.5 Å². The van der Waals surface area contributed by atoms with Gasteiger partial charge < -0.3 is 15.3 Å². The van der Waals surface area contributed by atoms with E-state index in [-0.39, 0.29) is 0 Å². The van der Waals surface area contributed by atoms with Crippen LogP contribution in [0.1, 0.15) is 12.5 Å². The zero-order chi connectivity index (χ0) is 15.9. The number of nitrogens with one attached hydrogen (secondary N) is 1. The Morgan fingerprint density at radius 1 is 1.23 bits per heavy atom. The largest absolute Gasteiger partial charge is 0.392 e. The van der Waals surface area contributed by atoms with E-state index in [0.29, 0.717) is 23.2 Å². The van der Waals surface area contributed by atoms with Gasteiger partial charge >= 0.3 is 0 Å². The van der Waals surface area contributed by atoms with Crippen LogP contribution in [0.3, 0.4) is 0 Å². The molecule has 0 aromatic heterocycles. The molecule has 22 heavy (non-hydrogen) atoms. The summed E-state index contributed by atoms with van der Waals surface area (Å²) in [7, 11) is 0. The third kappa shape index (κ3) is 5.30. The Bertz CT molecular complexity index is 619. The normalized spacial score (nSPS) is 11.8. The lowest BCUT2D eigenvalue weighted by Crippen LogP contribution is -2.38. The van der Waals surface area contributed by atoms with Crippen molar-refractivity contribution in [1.29, 1.82) is 0 Å². The Kier molecular flexibility index (Phi) is 6.19. The zero-order valence-electron chi connectivity index (χ0n) is 12.4. The van der Waals surface area contributed by atoms with Gasteiger partial charge in [0.2, 0.25) is 0 Å². The van der Waals surface area contributed by atoms with Crippen LogP contribution in [0.4, 0.5) is 5.69 Å². The fraction of sp³-hybridized carbons (Fsp3) is 0.235. The lowest BCUT2D eigenvalue weighted by atomic mass is 10.2. The first kappa shape index (κ1) is 16.7. The van der Waals surface area contributed by atoms with Crippen LogP contribution in [0.2, 0.25) is 5.02 Å². The number of thiocarbonyl (C=S) groups is 1. The molecule has 5 heteroatoms. The summed E-state index contributed by atoms with van der Waals surface area (Å²) < 4.78 is 0. The van der Waals surface area contributed by atoms with Gasteiger partial charge in [0, 0.05) is 23.8 Å². The van der Waals surface area contributed by atoms with Gasteiger partial charge in [-0.2, -0.15) is 0 Å². The van der Waals surface area contributed by atoms with Crippen LogP contribution in [-0.4, -0.2) is 27.8 Å². The zero-order valence-corrected chi connectivity index (χ0v) is 13.9. The van der Waals surface area contributed by atoms with Gasteiger partial charge in [-0.25, -0.2) is 0 Å². The van der Waals surface area contributed by atoms with Crippen LogP contribution in [0.25, 0.3) is 0 Å². The fourth-order valence-electron chi connectivity index (χ4n) is 2.12. The number of para-hydroxylation sites is 1. The molecule has 0 unspecified atom stereocenters. The summed E-state index contributed by atoms with van der Waals surface area (Å²) >= 11 is 11.5. The van der Waals surface area contributed by atoms with Crippen LogP contribution >= 0.6 is 23.8 Å². The summed E-state index contributed by atoms with van der Waals surface area (Å²) in [5, 5.41) is 14.2. The fourth-order valence-corrected chi connectivity index (χ4v) is 2.59. The molecule has 2 N–H and O–H groups in total. The van der Waals surface area contributed by atoms with Gasteiger partial charge in [0.15, 0.2) is 5.11 Å². The Hall–Kier alpha value is -1.62. The first-order valence-electron chi connectivity index (χ1n) is 7.08. The van der Waals surface area contributed by atoms with Crippen molar-refractivity contribution in [3.8, 4) is 0 Å². The maximum absolute atomic E-state index is 9.72. The molecule has 2 aromatic carbocycles. The van der Waals surface area contributed by atoms with E-state index in [1.54, 1.807) is 6.92 Å². The molecule has 0 aliphatic heterocycles. The minimum Gasteiger partial charge on any atom is -0.392 e. The molecular formula is C17H19ClN2OS. The van der Waals surface area contributed by atoms with Crippen LogP contribution < -0.4 is 5.32 Å². The van der Waals surface area contributed by atoms with Crippen LogP contribution in [0.15, 0.2) is 54.6 Å². The highest BCUT2D eigenvalue weighted by atomic mass is 35.5. The van der Waals surface area contributed by atoms with Crippen LogP contribution in [0, 0.1) is 0 Å². The van der Waals surface area contributed by atoms with Crippen molar-refractivity contribution in [2.24, 2.45) is 0 Å². The van der Waals surface area contributed by atoms with Gasteiger partial charge in [0.25, 0.3) is 0 Å². The van der Waals surface area contributed by atoms with Gasteiger partial charge in [-0.05, 0) is 49.0 Å². The summed E-state index contributed by atoms with van der Waals surface area (Å²) in [6, 6.07) is 17.4. The summed E-state index contributed by atoms with van der Waals surface area (Å²) in [6.45, 7) is 2.78. The van der Waals surface area contributed by atoms with Crippen molar-refractivity contribution in [3.05, 3.63) is 65.2 Å². The maximum Gasteiger partial charge on any atom is 0.173 e. The van der Waals surface area contributed by atoms with E-state index in [2.05, 4.69) is 5.32 Å². The highest BCUT2D eigenvalue weighted by molar-refractivity contribution is 7.80. The van der Waals surface area contributed by atoms with Gasteiger partial charge in [0.1, 0.15) is 0 Å². The molecule has 0 bridgehead atoms. The monoisotopic (exact) mass is 334 g/mol. The standard InChI is InChI=1S/C17H19ClN2OS/c1-13(21)11-20(12-14-6-5-7-15(18)10-14)17(22)19-16-8-3-2-4-9-16/h2-10,13,21H,11-12H2,1H3,(H,19,22)/t13-/m1/s1. The SMILES string of the molecule is C[C@@H](O)CN(Cc1cccc(Cl)c1)C(=S)Nc1ccccc1. The number of rotatable bonds is 5. The number of aliphatic hydroxyl groups excluding tert-OH is 1.